The van der Waals surface area contributed by atoms with Gasteiger partial charge in [-0.3, -0.25) is 9.69 Å². The molecule has 0 saturated heterocycles. The van der Waals surface area contributed by atoms with Crippen LogP contribution in [0.4, 0.5) is 0 Å². The number of nitrogens with one attached hydrogen (secondary N) is 1. The number of nitrogens with zero attached hydrogens (tertiary/aromatic N) is 1. The maximum absolute atomic E-state index is 11.0. The van der Waals surface area contributed by atoms with Gasteiger partial charge in [0, 0.05) is 32.6 Å². The zero-order valence-corrected chi connectivity index (χ0v) is 8.83. The largest absolute Gasteiger partial charge is 0.395 e. The number of aliphatic hydroxyl groups is 1. The minimum Gasteiger partial charge on any atom is -0.395 e. The molecular weight excluding hydrogens is 180 g/mol. The topological polar surface area (TPSA) is 52.6 Å². The molecule has 1 amide bonds. The number of hydrogen-bond acceptors (Lipinski definition) is 3. The molecule has 82 valence electrons. The molecule has 14 heavy (non-hydrogen) atoms. The van der Waals surface area contributed by atoms with Gasteiger partial charge in [0.25, 0.3) is 0 Å². The molecule has 4 nitrogen and oxygen atoms in total. The standard InChI is InChI=1S/C10H20N2O2/c1-11-10(14)5-6-12(7-8-13)9-3-2-4-9/h9,13H,2-8H2,1H3,(H,11,14). The normalized spacial score (nSPS) is 16.8. The van der Waals surface area contributed by atoms with Crippen LogP contribution in [0.5, 0.6) is 0 Å². The first-order valence-corrected chi connectivity index (χ1v) is 5.33. The van der Waals surface area contributed by atoms with Crippen molar-refractivity contribution in [1.29, 1.82) is 0 Å². The van der Waals surface area contributed by atoms with Crippen LogP contribution in [0.3, 0.4) is 0 Å². The summed E-state index contributed by atoms with van der Waals surface area (Å²) in [6.45, 7) is 1.65. The SMILES string of the molecule is CNC(=O)CCN(CCO)C1CCC1. The molecule has 1 aliphatic rings. The molecule has 1 rings (SSSR count). The lowest BCUT2D eigenvalue weighted by atomic mass is 9.91. The molecule has 0 aromatic heterocycles. The highest BCUT2D eigenvalue weighted by Crippen LogP contribution is 2.24. The fourth-order valence-electron chi connectivity index (χ4n) is 1.73. The molecule has 0 radical (unpaired) electrons. The molecule has 0 aliphatic heterocycles. The van der Waals surface area contributed by atoms with Gasteiger partial charge >= 0.3 is 0 Å². The third kappa shape index (κ3) is 3.27. The predicted octanol–water partition coefficient (Wildman–Crippen LogP) is -0.0307. The molecule has 0 heterocycles. The van der Waals surface area contributed by atoms with Crippen LogP contribution < -0.4 is 5.32 Å². The van der Waals surface area contributed by atoms with Crippen LogP contribution in [0, 0.1) is 0 Å². The summed E-state index contributed by atoms with van der Waals surface area (Å²) in [4.78, 5) is 13.3. The molecule has 1 aliphatic carbocycles. The van der Waals surface area contributed by atoms with E-state index in [-0.39, 0.29) is 12.5 Å². The summed E-state index contributed by atoms with van der Waals surface area (Å²) in [5, 5.41) is 11.5. The highest BCUT2D eigenvalue weighted by Gasteiger charge is 2.24. The summed E-state index contributed by atoms with van der Waals surface area (Å²) < 4.78 is 0. The summed E-state index contributed by atoms with van der Waals surface area (Å²) >= 11 is 0. The van der Waals surface area contributed by atoms with E-state index < -0.39 is 0 Å². The fourth-order valence-corrected chi connectivity index (χ4v) is 1.73. The molecule has 0 aromatic carbocycles. The molecule has 0 aromatic rings. The second kappa shape index (κ2) is 5.98. The lowest BCUT2D eigenvalue weighted by Crippen LogP contribution is -2.43. The average molecular weight is 200 g/mol. The Morgan fingerprint density at radius 3 is 2.64 bits per heavy atom. The first kappa shape index (κ1) is 11.5. The van der Waals surface area contributed by atoms with Crippen molar-refractivity contribution in [2.75, 3.05) is 26.7 Å². The zero-order chi connectivity index (χ0) is 10.4. The lowest BCUT2D eigenvalue weighted by molar-refractivity contribution is -0.121. The number of amides is 1. The van der Waals surface area contributed by atoms with Gasteiger partial charge in [0.1, 0.15) is 0 Å². The summed E-state index contributed by atoms with van der Waals surface area (Å²) in [7, 11) is 1.65. The molecule has 1 saturated carbocycles. The van der Waals surface area contributed by atoms with Gasteiger partial charge in [-0.05, 0) is 12.8 Å². The molecular formula is C10H20N2O2. The number of rotatable bonds is 6. The highest BCUT2D eigenvalue weighted by molar-refractivity contribution is 5.75. The van der Waals surface area contributed by atoms with Crippen LogP contribution in [-0.4, -0.2) is 48.7 Å². The Morgan fingerprint density at radius 1 is 1.50 bits per heavy atom. The summed E-state index contributed by atoms with van der Waals surface area (Å²) in [6, 6.07) is 0.604. The van der Waals surface area contributed by atoms with Crippen molar-refractivity contribution >= 4 is 5.91 Å². The van der Waals surface area contributed by atoms with E-state index in [0.717, 1.165) is 6.54 Å². The van der Waals surface area contributed by atoms with E-state index in [0.29, 0.717) is 19.0 Å². The Labute approximate surface area is 85.3 Å². The number of aliphatic hydroxyl groups excluding tert-OH is 1. The van der Waals surface area contributed by atoms with Crippen molar-refractivity contribution in [3.63, 3.8) is 0 Å². The maximum Gasteiger partial charge on any atom is 0.221 e. The summed E-state index contributed by atoms with van der Waals surface area (Å²) in [6.07, 6.45) is 4.25. The second-order valence-corrected chi connectivity index (χ2v) is 3.77. The van der Waals surface area contributed by atoms with Crippen molar-refractivity contribution in [3.05, 3.63) is 0 Å². The number of hydrogen-bond donors (Lipinski definition) is 2. The first-order chi connectivity index (χ1) is 6.77. The van der Waals surface area contributed by atoms with Crippen molar-refractivity contribution < 1.29 is 9.90 Å². The molecule has 1 fully saturated rings. The van der Waals surface area contributed by atoms with Crippen LogP contribution in [0.2, 0.25) is 0 Å². The Hall–Kier alpha value is -0.610. The lowest BCUT2D eigenvalue weighted by Gasteiger charge is -2.37. The predicted molar refractivity (Wildman–Crippen MR) is 55.0 cm³/mol. The zero-order valence-electron chi connectivity index (χ0n) is 8.83. The van der Waals surface area contributed by atoms with E-state index in [9.17, 15) is 4.79 Å². The Kier molecular flexibility index (Phi) is 4.90. The average Bonchev–Trinajstić information content (AvgIpc) is 2.11. The fraction of sp³-hybridized carbons (Fsp3) is 0.900. The smallest absolute Gasteiger partial charge is 0.221 e. The van der Waals surface area contributed by atoms with Gasteiger partial charge in [0.15, 0.2) is 0 Å². The maximum atomic E-state index is 11.0. The third-order valence-corrected chi connectivity index (χ3v) is 2.88. The molecule has 0 spiro atoms. The van der Waals surface area contributed by atoms with E-state index in [1.165, 1.54) is 19.3 Å². The molecule has 0 atom stereocenters. The Bertz CT molecular complexity index is 181. The van der Waals surface area contributed by atoms with E-state index in [2.05, 4.69) is 10.2 Å². The number of carbonyl (C=O) groups is 1. The minimum absolute atomic E-state index is 0.0762. The van der Waals surface area contributed by atoms with Crippen LogP contribution in [0.25, 0.3) is 0 Å². The van der Waals surface area contributed by atoms with Gasteiger partial charge in [0.2, 0.25) is 5.91 Å². The Morgan fingerprint density at radius 2 is 2.21 bits per heavy atom. The molecule has 0 bridgehead atoms. The number of carbonyl (C=O) groups excluding carboxylic acids is 1. The van der Waals surface area contributed by atoms with Crippen molar-refractivity contribution in [2.45, 2.75) is 31.7 Å². The van der Waals surface area contributed by atoms with Gasteiger partial charge in [-0.15, -0.1) is 0 Å². The van der Waals surface area contributed by atoms with Gasteiger partial charge < -0.3 is 10.4 Å². The Balaban J connectivity index is 2.23. The summed E-state index contributed by atoms with van der Waals surface area (Å²) in [5.74, 6) is 0.0762. The van der Waals surface area contributed by atoms with Gasteiger partial charge in [-0.1, -0.05) is 6.42 Å². The van der Waals surface area contributed by atoms with Crippen LogP contribution in [-0.2, 0) is 4.79 Å². The summed E-state index contributed by atoms with van der Waals surface area (Å²) in [5.41, 5.74) is 0. The highest BCUT2D eigenvalue weighted by atomic mass is 16.3. The monoisotopic (exact) mass is 200 g/mol. The molecule has 2 N–H and O–H groups in total. The van der Waals surface area contributed by atoms with Gasteiger partial charge in [-0.2, -0.15) is 0 Å². The van der Waals surface area contributed by atoms with Crippen molar-refractivity contribution in [1.82, 2.24) is 10.2 Å². The van der Waals surface area contributed by atoms with Gasteiger partial charge in [-0.25, -0.2) is 0 Å². The van der Waals surface area contributed by atoms with Crippen molar-refractivity contribution in [3.8, 4) is 0 Å². The molecule has 0 unspecified atom stereocenters. The van der Waals surface area contributed by atoms with E-state index in [1.807, 2.05) is 0 Å². The van der Waals surface area contributed by atoms with Gasteiger partial charge in [0.05, 0.1) is 6.61 Å². The third-order valence-electron chi connectivity index (χ3n) is 2.88. The van der Waals surface area contributed by atoms with Crippen LogP contribution in [0.15, 0.2) is 0 Å². The van der Waals surface area contributed by atoms with E-state index >= 15 is 0 Å². The molecule has 4 heteroatoms. The first-order valence-electron chi connectivity index (χ1n) is 5.33. The van der Waals surface area contributed by atoms with Crippen LogP contribution >= 0.6 is 0 Å². The minimum atomic E-state index is 0.0762. The van der Waals surface area contributed by atoms with Crippen LogP contribution in [0.1, 0.15) is 25.7 Å². The van der Waals surface area contributed by atoms with E-state index in [4.69, 9.17) is 5.11 Å². The van der Waals surface area contributed by atoms with Crippen molar-refractivity contribution in [2.24, 2.45) is 0 Å². The second-order valence-electron chi connectivity index (χ2n) is 3.77. The van der Waals surface area contributed by atoms with E-state index in [1.54, 1.807) is 7.05 Å². The quantitative estimate of drug-likeness (QED) is 0.633.